The van der Waals surface area contributed by atoms with Gasteiger partial charge in [0.15, 0.2) is 0 Å². The molecule has 0 spiro atoms. The summed E-state index contributed by atoms with van der Waals surface area (Å²) in [6.45, 7) is 6.20. The van der Waals surface area contributed by atoms with E-state index < -0.39 is 0 Å². The zero-order valence-corrected chi connectivity index (χ0v) is 12.3. The van der Waals surface area contributed by atoms with Crippen LogP contribution in [0.3, 0.4) is 0 Å². The van der Waals surface area contributed by atoms with Crippen molar-refractivity contribution in [1.29, 1.82) is 0 Å². The minimum absolute atomic E-state index is 0.184. The quantitative estimate of drug-likeness (QED) is 0.781. The van der Waals surface area contributed by atoms with Crippen molar-refractivity contribution in [1.82, 2.24) is 9.80 Å². The largest absolute Gasteiger partial charge is 0.379 e. The van der Waals surface area contributed by atoms with Crippen molar-refractivity contribution in [3.05, 3.63) is 21.9 Å². The van der Waals surface area contributed by atoms with Gasteiger partial charge in [0.25, 0.3) is 5.91 Å². The minimum Gasteiger partial charge on any atom is -0.379 e. The number of ether oxygens (including phenoxy) is 1. The molecule has 5 heteroatoms. The van der Waals surface area contributed by atoms with Gasteiger partial charge in [0.05, 0.1) is 24.1 Å². The van der Waals surface area contributed by atoms with E-state index in [4.69, 9.17) is 4.74 Å². The van der Waals surface area contributed by atoms with Crippen LogP contribution in [-0.2, 0) is 4.74 Å². The summed E-state index contributed by atoms with van der Waals surface area (Å²) in [5.74, 6) is 0.616. The molecule has 0 radical (unpaired) electrons. The van der Waals surface area contributed by atoms with Gasteiger partial charge in [0.2, 0.25) is 0 Å². The van der Waals surface area contributed by atoms with Crippen molar-refractivity contribution in [3.63, 3.8) is 0 Å². The third-order valence-corrected chi connectivity index (χ3v) is 4.97. The molecule has 2 atom stereocenters. The zero-order chi connectivity index (χ0) is 13.4. The van der Waals surface area contributed by atoms with E-state index in [1.807, 2.05) is 23.3 Å². The fourth-order valence-corrected chi connectivity index (χ4v) is 3.93. The van der Waals surface area contributed by atoms with E-state index in [0.717, 1.165) is 36.7 Å². The molecule has 0 N–H and O–H groups in total. The van der Waals surface area contributed by atoms with Gasteiger partial charge in [-0.25, -0.2) is 0 Å². The zero-order valence-electron chi connectivity index (χ0n) is 11.5. The highest BCUT2D eigenvalue weighted by Gasteiger charge is 2.35. The molecule has 0 unspecified atom stereocenters. The number of hydrogen-bond donors (Lipinski definition) is 0. The van der Waals surface area contributed by atoms with Gasteiger partial charge in [-0.1, -0.05) is 0 Å². The predicted octanol–water partition coefficient (Wildman–Crippen LogP) is 1.46. The Morgan fingerprint density at radius 1 is 1.37 bits per heavy atom. The first kappa shape index (κ1) is 13.1. The highest BCUT2D eigenvalue weighted by molar-refractivity contribution is 7.12. The molecule has 1 aromatic rings. The molecule has 4 nitrogen and oxygen atoms in total. The molecule has 1 amide bonds. The molecule has 19 heavy (non-hydrogen) atoms. The monoisotopic (exact) mass is 280 g/mol. The summed E-state index contributed by atoms with van der Waals surface area (Å²) in [4.78, 5) is 18.0. The van der Waals surface area contributed by atoms with Crippen LogP contribution in [-0.4, -0.2) is 61.6 Å². The first-order valence-corrected chi connectivity index (χ1v) is 7.64. The van der Waals surface area contributed by atoms with E-state index >= 15 is 0 Å². The number of rotatable bonds is 1. The Bertz CT molecular complexity index is 474. The fourth-order valence-electron chi connectivity index (χ4n) is 3.05. The Balaban J connectivity index is 1.87. The molecule has 3 heterocycles. The second-order valence-corrected chi connectivity index (χ2v) is 6.58. The molecule has 2 aliphatic rings. The van der Waals surface area contributed by atoms with Crippen LogP contribution in [0.1, 0.15) is 15.2 Å². The third-order valence-electron chi connectivity index (χ3n) is 3.97. The number of carbonyl (C=O) groups is 1. The first-order valence-electron chi connectivity index (χ1n) is 6.76. The van der Waals surface area contributed by atoms with Crippen molar-refractivity contribution in [2.24, 2.45) is 5.92 Å². The molecule has 1 aromatic heterocycles. The van der Waals surface area contributed by atoms with Crippen LogP contribution < -0.4 is 0 Å². The fraction of sp³-hybridized carbons (Fsp3) is 0.643. The number of fused-ring (bicyclic) bond motifs is 3. The average Bonchev–Trinajstić information content (AvgIpc) is 2.58. The summed E-state index contributed by atoms with van der Waals surface area (Å²) in [5.41, 5.74) is 1.09. The van der Waals surface area contributed by atoms with Crippen LogP contribution in [0.5, 0.6) is 0 Å². The van der Waals surface area contributed by atoms with Crippen molar-refractivity contribution in [3.8, 4) is 0 Å². The molecule has 104 valence electrons. The predicted molar refractivity (Wildman–Crippen MR) is 75.7 cm³/mol. The van der Waals surface area contributed by atoms with Gasteiger partial charge >= 0.3 is 0 Å². The van der Waals surface area contributed by atoms with E-state index in [2.05, 4.69) is 11.9 Å². The van der Waals surface area contributed by atoms with Gasteiger partial charge in [-0.05, 0) is 31.0 Å². The number of likely N-dealkylation sites (N-methyl/N-ethyl adjacent to an activating group) is 1. The van der Waals surface area contributed by atoms with Gasteiger partial charge in [0.1, 0.15) is 0 Å². The number of thiophene rings is 1. The van der Waals surface area contributed by atoms with Crippen LogP contribution in [0.15, 0.2) is 11.4 Å². The Hall–Kier alpha value is -0.910. The number of nitrogens with zero attached hydrogens (tertiary/aromatic N) is 2. The molecule has 2 saturated heterocycles. The van der Waals surface area contributed by atoms with E-state index in [1.165, 1.54) is 0 Å². The topological polar surface area (TPSA) is 32.8 Å². The van der Waals surface area contributed by atoms with Gasteiger partial charge < -0.3 is 14.5 Å². The van der Waals surface area contributed by atoms with Gasteiger partial charge in [0, 0.05) is 25.6 Å². The Morgan fingerprint density at radius 2 is 2.21 bits per heavy atom. The third kappa shape index (κ3) is 2.55. The second kappa shape index (κ2) is 5.23. The van der Waals surface area contributed by atoms with E-state index in [9.17, 15) is 4.79 Å². The summed E-state index contributed by atoms with van der Waals surface area (Å²) in [5, 5.41) is 2.00. The highest BCUT2D eigenvalue weighted by atomic mass is 32.1. The Kier molecular flexibility index (Phi) is 3.60. The van der Waals surface area contributed by atoms with Crippen LogP contribution in [0.4, 0.5) is 0 Å². The lowest BCUT2D eigenvalue weighted by molar-refractivity contribution is 0.0486. The maximum atomic E-state index is 12.7. The number of hydrogen-bond acceptors (Lipinski definition) is 4. The number of aryl methyl sites for hydroxylation is 1. The minimum atomic E-state index is 0.184. The lowest BCUT2D eigenvalue weighted by Gasteiger charge is -2.29. The molecule has 0 aromatic carbocycles. The first-order chi connectivity index (χ1) is 9.15. The van der Waals surface area contributed by atoms with Crippen molar-refractivity contribution >= 4 is 17.2 Å². The van der Waals surface area contributed by atoms with E-state index in [0.29, 0.717) is 12.5 Å². The van der Waals surface area contributed by atoms with Crippen LogP contribution in [0, 0.1) is 12.8 Å². The summed E-state index contributed by atoms with van der Waals surface area (Å²) in [7, 11) is 2.13. The highest BCUT2D eigenvalue weighted by Crippen LogP contribution is 2.24. The van der Waals surface area contributed by atoms with Gasteiger partial charge in [-0.2, -0.15) is 0 Å². The summed E-state index contributed by atoms with van der Waals surface area (Å²) >= 11 is 1.55. The van der Waals surface area contributed by atoms with Crippen molar-refractivity contribution in [2.45, 2.75) is 13.0 Å². The van der Waals surface area contributed by atoms with Crippen LogP contribution >= 0.6 is 11.3 Å². The van der Waals surface area contributed by atoms with E-state index in [1.54, 1.807) is 11.3 Å². The molecule has 2 bridgehead atoms. The average molecular weight is 280 g/mol. The molecule has 2 aliphatic heterocycles. The van der Waals surface area contributed by atoms with Crippen molar-refractivity contribution < 1.29 is 9.53 Å². The smallest absolute Gasteiger partial charge is 0.264 e. The van der Waals surface area contributed by atoms with Gasteiger partial charge in [-0.3, -0.25) is 4.79 Å². The Labute approximate surface area is 118 Å². The Morgan fingerprint density at radius 3 is 2.95 bits per heavy atom. The van der Waals surface area contributed by atoms with E-state index in [-0.39, 0.29) is 11.9 Å². The molecular formula is C14H20N2O2S. The molecule has 0 aliphatic carbocycles. The molecule has 2 fully saturated rings. The molecule has 3 rings (SSSR count). The maximum Gasteiger partial charge on any atom is 0.264 e. The van der Waals surface area contributed by atoms with Gasteiger partial charge in [-0.15, -0.1) is 11.3 Å². The SMILES string of the molecule is Cc1ccsc1C(=O)N1C[C@H]2COC[C@@H]1CN(C)C2. The lowest BCUT2D eigenvalue weighted by atomic mass is 10.1. The lowest BCUT2D eigenvalue weighted by Crippen LogP contribution is -2.45. The summed E-state index contributed by atoms with van der Waals surface area (Å²) in [6, 6.07) is 2.20. The molecule has 0 saturated carbocycles. The summed E-state index contributed by atoms with van der Waals surface area (Å²) < 4.78 is 5.72. The van der Waals surface area contributed by atoms with Crippen molar-refractivity contribution in [2.75, 3.05) is 39.9 Å². The number of amides is 1. The second-order valence-electron chi connectivity index (χ2n) is 5.67. The molecular weight excluding hydrogens is 260 g/mol. The van der Waals surface area contributed by atoms with Crippen LogP contribution in [0.25, 0.3) is 0 Å². The van der Waals surface area contributed by atoms with Crippen LogP contribution in [0.2, 0.25) is 0 Å². The summed E-state index contributed by atoms with van der Waals surface area (Å²) in [6.07, 6.45) is 0. The number of carbonyl (C=O) groups excluding carboxylic acids is 1. The maximum absolute atomic E-state index is 12.7. The standard InChI is InChI=1S/C14H20N2O2S/c1-10-3-4-19-13(10)14(17)16-6-11-5-15(2)7-12(16)9-18-8-11/h3-4,11-12H,5-9H2,1-2H3/t11-,12-/m0/s1. The normalized spacial score (nSPS) is 28.2.